The standard InChI is InChI=1S/C26H28F3N9O3S/c1-37-11-7-20(36-37)19-14-31-23(12-21(19)33-17-4-8-25(39,9-5-17)26(27,28)29)34-22-6-10-30-24(35-22)16-13-32-38(15-16)42(40,41)18-2-3-18/h6-7,10-15,17-18,39H,2-5,8-9H2,1H3,(H2,30,31,33,34,35). The van der Waals surface area contributed by atoms with Crippen LogP contribution in [0.1, 0.15) is 38.5 Å². The van der Waals surface area contributed by atoms with Gasteiger partial charge in [0.1, 0.15) is 11.6 Å². The Balaban J connectivity index is 1.23. The number of hydrogen-bond donors (Lipinski definition) is 3. The van der Waals surface area contributed by atoms with Crippen LogP contribution in [0, 0.1) is 0 Å². The third-order valence-electron chi connectivity index (χ3n) is 7.53. The number of halogens is 3. The summed E-state index contributed by atoms with van der Waals surface area (Å²) in [5.41, 5.74) is -0.354. The van der Waals surface area contributed by atoms with Crippen molar-refractivity contribution in [1.82, 2.24) is 33.9 Å². The van der Waals surface area contributed by atoms with Crippen molar-refractivity contribution in [3.05, 3.63) is 49.2 Å². The second-order valence-corrected chi connectivity index (χ2v) is 12.7. The highest BCUT2D eigenvalue weighted by Gasteiger charge is 2.54. The molecule has 222 valence electrons. The molecule has 0 aromatic carbocycles. The minimum absolute atomic E-state index is 0.127. The van der Waals surface area contributed by atoms with Crippen LogP contribution in [0.2, 0.25) is 0 Å². The summed E-state index contributed by atoms with van der Waals surface area (Å²) in [6.07, 6.45) is 3.70. The number of nitrogens with one attached hydrogen (secondary N) is 2. The first kappa shape index (κ1) is 28.1. The second kappa shape index (κ2) is 10.3. The number of anilines is 3. The molecule has 0 amide bonds. The van der Waals surface area contributed by atoms with Crippen LogP contribution in [-0.2, 0) is 17.1 Å². The van der Waals surface area contributed by atoms with Crippen LogP contribution in [-0.4, -0.2) is 70.5 Å². The Morgan fingerprint density at radius 2 is 1.83 bits per heavy atom. The van der Waals surface area contributed by atoms with Crippen LogP contribution in [0.3, 0.4) is 0 Å². The third-order valence-corrected chi connectivity index (χ3v) is 9.57. The molecule has 0 spiro atoms. The molecule has 2 aliphatic carbocycles. The monoisotopic (exact) mass is 603 g/mol. The molecular weight excluding hydrogens is 575 g/mol. The van der Waals surface area contributed by atoms with Crippen LogP contribution in [0.25, 0.3) is 22.6 Å². The van der Waals surface area contributed by atoms with Crippen molar-refractivity contribution >= 4 is 27.3 Å². The van der Waals surface area contributed by atoms with Gasteiger partial charge in [-0.15, -0.1) is 0 Å². The summed E-state index contributed by atoms with van der Waals surface area (Å²) in [5.74, 6) is 1.05. The molecule has 3 N–H and O–H groups in total. The minimum Gasteiger partial charge on any atom is -0.382 e. The van der Waals surface area contributed by atoms with Gasteiger partial charge < -0.3 is 15.7 Å². The Bertz CT molecular complexity index is 1710. The smallest absolute Gasteiger partial charge is 0.382 e. The lowest BCUT2D eigenvalue weighted by molar-refractivity contribution is -0.269. The first-order valence-electron chi connectivity index (χ1n) is 13.4. The number of aliphatic hydroxyl groups is 1. The van der Waals surface area contributed by atoms with Gasteiger partial charge in [-0.3, -0.25) is 4.68 Å². The Morgan fingerprint density at radius 3 is 2.50 bits per heavy atom. The number of nitrogens with zero attached hydrogens (tertiary/aromatic N) is 7. The van der Waals surface area contributed by atoms with E-state index in [0.29, 0.717) is 47.0 Å². The lowest BCUT2D eigenvalue weighted by atomic mass is 9.81. The molecule has 0 unspecified atom stereocenters. The first-order chi connectivity index (χ1) is 19.9. The number of hydrogen-bond acceptors (Lipinski definition) is 10. The van der Waals surface area contributed by atoms with E-state index in [9.17, 15) is 26.7 Å². The van der Waals surface area contributed by atoms with Crippen molar-refractivity contribution in [2.24, 2.45) is 7.05 Å². The molecule has 42 heavy (non-hydrogen) atoms. The van der Waals surface area contributed by atoms with Crippen LogP contribution < -0.4 is 10.6 Å². The zero-order chi connectivity index (χ0) is 29.7. The van der Waals surface area contributed by atoms with Crippen LogP contribution in [0.4, 0.5) is 30.5 Å². The molecule has 0 bridgehead atoms. The van der Waals surface area contributed by atoms with Crippen LogP contribution >= 0.6 is 0 Å². The quantitative estimate of drug-likeness (QED) is 0.271. The van der Waals surface area contributed by atoms with Gasteiger partial charge >= 0.3 is 6.18 Å². The van der Waals surface area contributed by atoms with Crippen molar-refractivity contribution in [3.63, 3.8) is 0 Å². The van der Waals surface area contributed by atoms with Gasteiger partial charge in [-0.05, 0) is 50.7 Å². The summed E-state index contributed by atoms with van der Waals surface area (Å²) >= 11 is 0. The van der Waals surface area contributed by atoms with E-state index in [0.717, 1.165) is 4.09 Å². The molecule has 4 heterocycles. The lowest BCUT2D eigenvalue weighted by Gasteiger charge is -2.37. The summed E-state index contributed by atoms with van der Waals surface area (Å²) in [6.45, 7) is 0. The van der Waals surface area contributed by atoms with E-state index < -0.39 is 39.9 Å². The van der Waals surface area contributed by atoms with Crippen molar-refractivity contribution in [3.8, 4) is 22.6 Å². The van der Waals surface area contributed by atoms with Crippen molar-refractivity contribution < 1.29 is 26.7 Å². The highest BCUT2D eigenvalue weighted by Crippen LogP contribution is 2.42. The Hall–Kier alpha value is -4.05. The van der Waals surface area contributed by atoms with Gasteiger partial charge in [0.2, 0.25) is 0 Å². The molecule has 16 heteroatoms. The Kier molecular flexibility index (Phi) is 6.92. The van der Waals surface area contributed by atoms with E-state index in [1.807, 2.05) is 0 Å². The first-order valence-corrected chi connectivity index (χ1v) is 14.9. The van der Waals surface area contributed by atoms with Crippen molar-refractivity contribution in [2.45, 2.75) is 61.6 Å². The van der Waals surface area contributed by atoms with Gasteiger partial charge in [-0.1, -0.05) is 0 Å². The molecule has 0 saturated heterocycles. The van der Waals surface area contributed by atoms with Gasteiger partial charge in [0.05, 0.1) is 28.9 Å². The summed E-state index contributed by atoms with van der Waals surface area (Å²) in [6, 6.07) is 4.84. The molecule has 2 aliphatic rings. The molecule has 2 fully saturated rings. The minimum atomic E-state index is -4.68. The van der Waals surface area contributed by atoms with Gasteiger partial charge in [0.15, 0.2) is 11.4 Å². The van der Waals surface area contributed by atoms with Crippen molar-refractivity contribution in [1.29, 1.82) is 0 Å². The third kappa shape index (κ3) is 5.55. The molecule has 2 saturated carbocycles. The lowest BCUT2D eigenvalue weighted by Crippen LogP contribution is -2.49. The summed E-state index contributed by atoms with van der Waals surface area (Å²) in [5, 5.41) is 24.5. The predicted octanol–water partition coefficient (Wildman–Crippen LogP) is 3.87. The van der Waals surface area contributed by atoms with E-state index in [4.69, 9.17) is 0 Å². The normalized spacial score (nSPS) is 21.3. The number of rotatable bonds is 8. The number of pyridine rings is 1. The zero-order valence-electron chi connectivity index (χ0n) is 22.5. The highest BCUT2D eigenvalue weighted by atomic mass is 32.2. The topological polar surface area (TPSA) is 153 Å². The van der Waals surface area contributed by atoms with E-state index in [2.05, 4.69) is 35.8 Å². The van der Waals surface area contributed by atoms with E-state index in [1.54, 1.807) is 42.3 Å². The second-order valence-electron chi connectivity index (χ2n) is 10.7. The molecule has 12 nitrogen and oxygen atoms in total. The largest absolute Gasteiger partial charge is 0.417 e. The fourth-order valence-corrected chi connectivity index (χ4v) is 6.40. The van der Waals surface area contributed by atoms with Gasteiger partial charge in [0.25, 0.3) is 10.0 Å². The molecule has 6 rings (SSSR count). The molecule has 0 atom stereocenters. The molecular formula is C26H28F3N9O3S. The Labute approximate surface area is 239 Å². The average Bonchev–Trinajstić information content (AvgIpc) is 3.54. The SMILES string of the molecule is Cn1ccc(-c2cnc(Nc3ccnc(-c4cnn(S(=O)(=O)C5CC5)c4)n3)cc2NC2CCC(O)(C(F)(F)F)CC2)n1. The Morgan fingerprint density at radius 1 is 1.07 bits per heavy atom. The number of aromatic nitrogens is 7. The van der Waals surface area contributed by atoms with Crippen LogP contribution in [0.5, 0.6) is 0 Å². The summed E-state index contributed by atoms with van der Waals surface area (Å²) in [4.78, 5) is 13.2. The molecule has 0 radical (unpaired) electrons. The maximum absolute atomic E-state index is 13.3. The van der Waals surface area contributed by atoms with E-state index in [-0.39, 0.29) is 24.7 Å². The van der Waals surface area contributed by atoms with Gasteiger partial charge in [0, 0.05) is 49.0 Å². The number of alkyl halides is 3. The predicted molar refractivity (Wildman–Crippen MR) is 147 cm³/mol. The van der Waals surface area contributed by atoms with Gasteiger partial charge in [-0.2, -0.15) is 27.5 Å². The summed E-state index contributed by atoms with van der Waals surface area (Å²) < 4.78 is 67.5. The molecule has 0 aliphatic heterocycles. The number of aryl methyl sites for hydroxylation is 1. The van der Waals surface area contributed by atoms with E-state index >= 15 is 0 Å². The fourth-order valence-electron chi connectivity index (χ4n) is 4.93. The van der Waals surface area contributed by atoms with Crippen molar-refractivity contribution in [2.75, 3.05) is 10.6 Å². The summed E-state index contributed by atoms with van der Waals surface area (Å²) in [7, 11) is -1.75. The highest BCUT2D eigenvalue weighted by molar-refractivity contribution is 7.90. The maximum Gasteiger partial charge on any atom is 0.417 e. The zero-order valence-corrected chi connectivity index (χ0v) is 23.3. The maximum atomic E-state index is 13.3. The molecule has 4 aromatic rings. The van der Waals surface area contributed by atoms with E-state index in [1.165, 1.54) is 18.6 Å². The average molecular weight is 604 g/mol. The van der Waals surface area contributed by atoms with Gasteiger partial charge in [-0.25, -0.2) is 23.4 Å². The molecule has 4 aromatic heterocycles. The van der Waals surface area contributed by atoms with Crippen LogP contribution in [0.15, 0.2) is 49.2 Å². The fraction of sp³-hybridized carbons (Fsp3) is 0.423.